The van der Waals surface area contributed by atoms with Gasteiger partial charge in [0.25, 0.3) is 0 Å². The Balaban J connectivity index is 0.000000585. The number of fused-ring (bicyclic) bond motifs is 2. The van der Waals surface area contributed by atoms with Crippen LogP contribution in [0, 0.1) is 93.8 Å². The molecule has 4 N–H and O–H groups in total. The average molecular weight is 1310 g/mol. The molecule has 16 heteroatoms. The average Bonchev–Trinajstić information content (AvgIpc) is 4.04. The van der Waals surface area contributed by atoms with Crippen LogP contribution in [0.15, 0.2) is 92.8 Å². The number of nitrogens with one attached hydrogen (secondary N) is 4. The van der Waals surface area contributed by atoms with Crippen LogP contribution in [0.3, 0.4) is 0 Å². The van der Waals surface area contributed by atoms with E-state index in [1.165, 1.54) is 25.7 Å². The maximum Gasteiger partial charge on any atom is 2.00 e. The van der Waals surface area contributed by atoms with Crippen LogP contribution in [-0.2, 0) is 9.47 Å². The van der Waals surface area contributed by atoms with Crippen molar-refractivity contribution in [2.75, 3.05) is 26.4 Å². The Bertz CT molecular complexity index is 1940. The van der Waals surface area contributed by atoms with E-state index in [4.69, 9.17) is 30.7 Å². The number of rotatable bonds is 12. The van der Waals surface area contributed by atoms with Crippen LogP contribution >= 0.6 is 0 Å². The molecule has 2 aliphatic rings. The number of ether oxygens (including phenoxy) is 2. The summed E-state index contributed by atoms with van der Waals surface area (Å²) >= 11 is 0. The minimum atomic E-state index is 0. The third kappa shape index (κ3) is 27.8. The molecule has 0 amide bonds. The first-order chi connectivity index (χ1) is 33.3. The summed E-state index contributed by atoms with van der Waals surface area (Å²) in [6.45, 7) is 37.1. The van der Waals surface area contributed by atoms with Crippen molar-refractivity contribution >= 4 is 68.1 Å². The molecule has 4 aromatic rings. The molecule has 2 heterocycles. The monoisotopic (exact) mass is 1310 g/mol. The van der Waals surface area contributed by atoms with Crippen molar-refractivity contribution in [2.45, 2.75) is 185 Å². The van der Waals surface area contributed by atoms with Crippen LogP contribution in [0.1, 0.15) is 136 Å². The molecule has 0 aliphatic carbocycles. The molecule has 6 rings (SSSR count). The molecule has 2 fully saturated rings. The zero-order chi connectivity index (χ0) is 51.6. The third-order valence-corrected chi connectivity index (χ3v) is 9.47. The first-order valence-corrected chi connectivity index (χ1v) is 25.7. The molecule has 0 atom stereocenters. The summed E-state index contributed by atoms with van der Waals surface area (Å²) in [5.41, 5.74) is 3.36. The fraction of sp³-hybridized carbons (Fsp3) is 0.571. The number of nitrogens with zero attached hydrogens (tertiary/aromatic N) is 8. The Morgan fingerprint density at radius 2 is 0.569 bits per heavy atom. The quantitative estimate of drug-likeness (QED) is 0.0812. The van der Waals surface area contributed by atoms with Gasteiger partial charge in [-0.25, -0.2) is 0 Å². The third-order valence-electron chi connectivity index (χ3n) is 9.47. The van der Waals surface area contributed by atoms with Crippen molar-refractivity contribution in [3.05, 3.63) is 94.1 Å². The molecule has 14 nitrogen and oxygen atoms in total. The molecule has 0 unspecified atom stereocenters. The SMILES string of the molecule is C1CCOC1.C1CCOC1.CC(C)N=C([N-]c1cccc2cccc([N-]C(=NC(C)C)NC(C)C)c12)NC(C)C.CC(C)N=C([N-]c1cccc2cccc([N-]C(=NC(C)C)NC(C)C)c12)NC(C)C.[Yb+2].[Yb+2]. The maximum absolute atomic E-state index is 4.94. The summed E-state index contributed by atoms with van der Waals surface area (Å²) < 4.78 is 9.89. The second kappa shape index (κ2) is 37.2. The number of hydrogen-bond donors (Lipinski definition) is 4. The first kappa shape index (κ1) is 67.5. The molecule has 0 aromatic heterocycles. The molecular weight excluding hydrogens is 1220 g/mol. The number of hydrogen-bond acceptors (Lipinski definition) is 6. The maximum atomic E-state index is 4.94. The summed E-state index contributed by atoms with van der Waals surface area (Å²) in [6.07, 6.45) is 5.11. The molecule has 4 aromatic carbocycles. The van der Waals surface area contributed by atoms with Gasteiger partial charge in [-0.2, -0.15) is 0 Å². The molecule has 2 aliphatic heterocycles. The normalized spacial score (nSPS) is 14.1. The smallest absolute Gasteiger partial charge is 0.437 e. The van der Waals surface area contributed by atoms with Crippen molar-refractivity contribution in [1.82, 2.24) is 21.3 Å². The van der Waals surface area contributed by atoms with Gasteiger partial charge in [-0.15, -0.1) is 0 Å². The molecular formula is C56H88N12O2Yb2. The standard InChI is InChI=1S/2C24H36N6.2C4H8O.2Yb/c2*1-15(2)25-23(26-16(3)4)29-20-13-9-11-19-12-10-14-21(22(19)20)30-24(27-17(5)6)28-18(7)8;2*1-2-4-5-3-1;;/h2*9-18H,1-8H3,(H2-2,25,26,27,28,29,30);2*1-4H2;;/q2*-2;;;2*+2. The minimum absolute atomic E-state index is 0. The van der Waals surface area contributed by atoms with E-state index in [-0.39, 0.29) is 142 Å². The molecule has 0 saturated carbocycles. The summed E-state index contributed by atoms with van der Waals surface area (Å²) in [5.74, 6) is 2.55. The van der Waals surface area contributed by atoms with Gasteiger partial charge in [-0.1, -0.05) is 184 Å². The van der Waals surface area contributed by atoms with Crippen LogP contribution < -0.4 is 21.3 Å². The van der Waals surface area contributed by atoms with Crippen LogP contribution in [0.2, 0.25) is 0 Å². The van der Waals surface area contributed by atoms with Gasteiger partial charge in [0.1, 0.15) is 0 Å². The van der Waals surface area contributed by atoms with E-state index in [1.54, 1.807) is 0 Å². The van der Waals surface area contributed by atoms with E-state index in [0.29, 0.717) is 23.8 Å². The van der Waals surface area contributed by atoms with Gasteiger partial charge >= 0.3 is 93.8 Å². The predicted octanol–water partition coefficient (Wildman–Crippen LogP) is 14.3. The molecule has 412 valence electrons. The van der Waals surface area contributed by atoms with Gasteiger partial charge in [0.15, 0.2) is 0 Å². The fourth-order valence-electron chi connectivity index (χ4n) is 6.86. The fourth-order valence-corrected chi connectivity index (χ4v) is 6.86. The van der Waals surface area contributed by atoms with Crippen molar-refractivity contribution in [1.29, 1.82) is 0 Å². The number of aliphatic imine (C=N–C) groups is 4. The zero-order valence-corrected chi connectivity index (χ0v) is 49.6. The Labute approximate surface area is 512 Å². The second-order valence-electron chi connectivity index (χ2n) is 19.8. The van der Waals surface area contributed by atoms with Gasteiger partial charge < -0.3 is 72.0 Å². The Morgan fingerprint density at radius 3 is 0.722 bits per heavy atom. The topological polar surface area (TPSA) is 172 Å². The molecule has 0 spiro atoms. The van der Waals surface area contributed by atoms with Crippen LogP contribution in [0.25, 0.3) is 42.8 Å². The van der Waals surface area contributed by atoms with E-state index in [9.17, 15) is 0 Å². The minimum Gasteiger partial charge on any atom is -0.437 e. The second-order valence-corrected chi connectivity index (χ2v) is 19.8. The Kier molecular flexibility index (Phi) is 34.9. The molecule has 0 radical (unpaired) electrons. The van der Waals surface area contributed by atoms with Gasteiger partial charge in [0, 0.05) is 83.8 Å². The van der Waals surface area contributed by atoms with E-state index in [2.05, 4.69) is 121 Å². The molecule has 2 saturated heterocycles. The largest absolute Gasteiger partial charge is 2.00 e. The van der Waals surface area contributed by atoms with Gasteiger partial charge in [-0.3, -0.25) is 0 Å². The van der Waals surface area contributed by atoms with Gasteiger partial charge in [-0.05, 0) is 84.8 Å². The summed E-state index contributed by atoms with van der Waals surface area (Å²) in [7, 11) is 0. The first-order valence-electron chi connectivity index (χ1n) is 25.7. The van der Waals surface area contributed by atoms with Gasteiger partial charge in [0.05, 0.1) is 0 Å². The van der Waals surface area contributed by atoms with E-state index >= 15 is 0 Å². The zero-order valence-electron chi connectivity index (χ0n) is 46.1. The van der Waals surface area contributed by atoms with E-state index < -0.39 is 0 Å². The van der Waals surface area contributed by atoms with Crippen molar-refractivity contribution in [3.63, 3.8) is 0 Å². The molecule has 0 bridgehead atoms. The number of benzene rings is 4. The van der Waals surface area contributed by atoms with Crippen LogP contribution in [0.5, 0.6) is 0 Å². The molecule has 72 heavy (non-hydrogen) atoms. The predicted molar refractivity (Wildman–Crippen MR) is 303 cm³/mol. The summed E-state index contributed by atoms with van der Waals surface area (Å²) in [4.78, 5) is 18.6. The van der Waals surface area contributed by atoms with E-state index in [1.807, 2.05) is 104 Å². The summed E-state index contributed by atoms with van der Waals surface area (Å²) in [6, 6.07) is 26.0. The Morgan fingerprint density at radius 1 is 0.361 bits per heavy atom. The van der Waals surface area contributed by atoms with Crippen LogP contribution in [-0.4, -0.2) is 98.6 Å². The van der Waals surface area contributed by atoms with Crippen molar-refractivity contribution in [3.8, 4) is 0 Å². The van der Waals surface area contributed by atoms with Crippen molar-refractivity contribution < 1.29 is 103 Å². The van der Waals surface area contributed by atoms with Gasteiger partial charge in [0.2, 0.25) is 0 Å². The van der Waals surface area contributed by atoms with Crippen molar-refractivity contribution in [2.24, 2.45) is 20.0 Å². The Hall–Kier alpha value is -2.56. The van der Waals surface area contributed by atoms with E-state index in [0.717, 1.165) is 70.7 Å². The number of guanidine groups is 4. The van der Waals surface area contributed by atoms with Crippen LogP contribution in [0.4, 0.5) is 22.7 Å². The summed E-state index contributed by atoms with van der Waals surface area (Å²) in [5, 5.41) is 37.1.